The van der Waals surface area contributed by atoms with Crippen molar-refractivity contribution in [2.24, 2.45) is 11.3 Å². The van der Waals surface area contributed by atoms with Crippen molar-refractivity contribution in [3.63, 3.8) is 0 Å². The molecule has 120 valence electrons. The molecule has 2 bridgehead atoms. The van der Waals surface area contributed by atoms with E-state index in [2.05, 4.69) is 24.1 Å². The average Bonchev–Trinajstić information content (AvgIpc) is 2.77. The molecule has 2 heterocycles. The summed E-state index contributed by atoms with van der Waals surface area (Å²) in [6.07, 6.45) is 10.7. The molecule has 1 N–H and O–H groups in total. The molecule has 1 aliphatic carbocycles. The van der Waals surface area contributed by atoms with E-state index < -0.39 is 0 Å². The molecule has 3 heteroatoms. The number of nitrogens with one attached hydrogen (secondary N) is 1. The number of hydrogen-bond acceptors (Lipinski definition) is 2. The molecule has 2 aliphatic heterocycles. The highest BCUT2D eigenvalue weighted by atomic mass is 16.2. The third kappa shape index (κ3) is 3.61. The van der Waals surface area contributed by atoms with Crippen molar-refractivity contribution in [3.05, 3.63) is 0 Å². The summed E-state index contributed by atoms with van der Waals surface area (Å²) in [7, 11) is 2.04. The van der Waals surface area contributed by atoms with Gasteiger partial charge >= 0.3 is 0 Å². The maximum absolute atomic E-state index is 12.6. The molecule has 1 amide bonds. The Morgan fingerprint density at radius 3 is 2.24 bits per heavy atom. The Kier molecular flexibility index (Phi) is 4.31. The summed E-state index contributed by atoms with van der Waals surface area (Å²) in [5.74, 6) is 1.02. The molecule has 0 radical (unpaired) electrons. The van der Waals surface area contributed by atoms with Crippen molar-refractivity contribution < 1.29 is 4.79 Å². The van der Waals surface area contributed by atoms with Crippen molar-refractivity contribution in [2.45, 2.75) is 89.8 Å². The molecular weight excluding hydrogens is 260 g/mol. The van der Waals surface area contributed by atoms with Crippen molar-refractivity contribution >= 4 is 5.91 Å². The van der Waals surface area contributed by atoms with Crippen LogP contribution in [-0.2, 0) is 4.79 Å². The first-order chi connectivity index (χ1) is 9.93. The highest BCUT2D eigenvalue weighted by Crippen LogP contribution is 2.37. The minimum absolute atomic E-state index is 0.394. The van der Waals surface area contributed by atoms with E-state index in [1.165, 1.54) is 51.4 Å². The second-order valence-electron chi connectivity index (χ2n) is 8.58. The van der Waals surface area contributed by atoms with Gasteiger partial charge in [-0.1, -0.05) is 13.8 Å². The monoisotopic (exact) mass is 292 g/mol. The van der Waals surface area contributed by atoms with E-state index >= 15 is 0 Å². The Morgan fingerprint density at radius 1 is 1.10 bits per heavy atom. The van der Waals surface area contributed by atoms with Gasteiger partial charge < -0.3 is 10.2 Å². The zero-order valence-corrected chi connectivity index (χ0v) is 14.0. The van der Waals surface area contributed by atoms with Gasteiger partial charge in [0.05, 0.1) is 0 Å². The fourth-order valence-corrected chi connectivity index (χ4v) is 4.71. The summed E-state index contributed by atoms with van der Waals surface area (Å²) in [4.78, 5) is 14.7. The lowest BCUT2D eigenvalue weighted by molar-refractivity contribution is -0.134. The smallest absolute Gasteiger partial charge is 0.222 e. The number of hydrogen-bond donors (Lipinski definition) is 1. The molecule has 0 aromatic heterocycles. The van der Waals surface area contributed by atoms with E-state index in [9.17, 15) is 4.79 Å². The minimum atomic E-state index is 0.394. The summed E-state index contributed by atoms with van der Waals surface area (Å²) in [6.45, 7) is 4.71. The van der Waals surface area contributed by atoms with Crippen LogP contribution in [0.25, 0.3) is 0 Å². The fraction of sp³-hybridized carbons (Fsp3) is 0.944. The van der Waals surface area contributed by atoms with Crippen LogP contribution in [0.1, 0.15) is 71.6 Å². The van der Waals surface area contributed by atoms with E-state index in [1.807, 2.05) is 7.05 Å². The molecule has 3 fully saturated rings. The van der Waals surface area contributed by atoms with E-state index in [1.54, 1.807) is 0 Å². The molecule has 3 aliphatic rings. The quantitative estimate of drug-likeness (QED) is 0.865. The molecular formula is C18H32N2O. The maximum atomic E-state index is 12.6. The number of rotatable bonds is 3. The fourth-order valence-electron chi connectivity index (χ4n) is 4.71. The number of nitrogens with zero attached hydrogens (tertiary/aromatic N) is 1. The van der Waals surface area contributed by atoms with Crippen molar-refractivity contribution in [2.75, 3.05) is 7.05 Å². The first-order valence-corrected chi connectivity index (χ1v) is 8.95. The van der Waals surface area contributed by atoms with Gasteiger partial charge in [-0.05, 0) is 62.7 Å². The molecule has 2 unspecified atom stereocenters. The SMILES string of the molecule is CN(C(=O)CC1CC2CCC(C1)N2)C1CCC(C)(C)CC1. The number of carbonyl (C=O) groups excluding carboxylic acids is 1. The predicted octanol–water partition coefficient (Wildman–Crippen LogP) is 3.33. The molecule has 1 saturated carbocycles. The van der Waals surface area contributed by atoms with Crippen molar-refractivity contribution in [3.8, 4) is 0 Å². The van der Waals surface area contributed by atoms with E-state index in [0.717, 1.165) is 6.42 Å². The van der Waals surface area contributed by atoms with Crippen LogP contribution in [0.5, 0.6) is 0 Å². The zero-order valence-electron chi connectivity index (χ0n) is 14.0. The zero-order chi connectivity index (χ0) is 15.0. The number of fused-ring (bicyclic) bond motifs is 2. The molecule has 0 aromatic rings. The lowest BCUT2D eigenvalue weighted by Crippen LogP contribution is -2.43. The predicted molar refractivity (Wildman–Crippen MR) is 86.1 cm³/mol. The number of carbonyl (C=O) groups is 1. The summed E-state index contributed by atoms with van der Waals surface area (Å²) < 4.78 is 0. The molecule has 0 aromatic carbocycles. The summed E-state index contributed by atoms with van der Waals surface area (Å²) in [5, 5.41) is 3.67. The Bertz CT molecular complexity index is 371. The second kappa shape index (κ2) is 5.91. The van der Waals surface area contributed by atoms with Gasteiger partial charge in [-0.25, -0.2) is 0 Å². The average molecular weight is 292 g/mol. The molecule has 2 saturated heterocycles. The third-order valence-corrected chi connectivity index (χ3v) is 6.28. The lowest BCUT2D eigenvalue weighted by atomic mass is 9.75. The van der Waals surface area contributed by atoms with Gasteiger partial charge in [0.1, 0.15) is 0 Å². The Morgan fingerprint density at radius 2 is 1.67 bits per heavy atom. The molecule has 21 heavy (non-hydrogen) atoms. The molecule has 3 rings (SSSR count). The van der Waals surface area contributed by atoms with Crippen LogP contribution in [-0.4, -0.2) is 36.0 Å². The van der Waals surface area contributed by atoms with Gasteiger partial charge in [0, 0.05) is 31.6 Å². The molecule has 2 atom stereocenters. The van der Waals surface area contributed by atoms with Crippen LogP contribution < -0.4 is 5.32 Å². The van der Waals surface area contributed by atoms with Crippen LogP contribution in [0, 0.1) is 11.3 Å². The summed E-state index contributed by atoms with van der Waals surface area (Å²) in [5.41, 5.74) is 0.481. The topological polar surface area (TPSA) is 32.3 Å². The van der Waals surface area contributed by atoms with E-state index in [4.69, 9.17) is 0 Å². The van der Waals surface area contributed by atoms with Gasteiger partial charge in [0.25, 0.3) is 0 Å². The standard InChI is InChI=1S/C18H32N2O/c1-18(2)8-6-16(7-9-18)20(3)17(21)12-13-10-14-4-5-15(11-13)19-14/h13-16,19H,4-12H2,1-3H3. The summed E-state index contributed by atoms with van der Waals surface area (Å²) in [6, 6.07) is 1.88. The van der Waals surface area contributed by atoms with Crippen molar-refractivity contribution in [1.29, 1.82) is 0 Å². The molecule has 0 spiro atoms. The van der Waals surface area contributed by atoms with Crippen LogP contribution in [0.15, 0.2) is 0 Å². The van der Waals surface area contributed by atoms with Gasteiger partial charge in [0.2, 0.25) is 5.91 Å². The Hall–Kier alpha value is -0.570. The van der Waals surface area contributed by atoms with Crippen LogP contribution in [0.4, 0.5) is 0 Å². The van der Waals surface area contributed by atoms with Crippen LogP contribution in [0.2, 0.25) is 0 Å². The van der Waals surface area contributed by atoms with Crippen LogP contribution >= 0.6 is 0 Å². The van der Waals surface area contributed by atoms with Crippen LogP contribution in [0.3, 0.4) is 0 Å². The lowest BCUT2D eigenvalue weighted by Gasteiger charge is -2.39. The minimum Gasteiger partial charge on any atom is -0.343 e. The van der Waals surface area contributed by atoms with Crippen molar-refractivity contribution in [1.82, 2.24) is 10.2 Å². The second-order valence-corrected chi connectivity index (χ2v) is 8.58. The highest BCUT2D eigenvalue weighted by molar-refractivity contribution is 5.76. The Labute approximate surface area is 129 Å². The normalized spacial score (nSPS) is 35.7. The van der Waals surface area contributed by atoms with Gasteiger partial charge in [-0.3, -0.25) is 4.79 Å². The first kappa shape index (κ1) is 15.3. The van der Waals surface area contributed by atoms with Gasteiger partial charge in [0.15, 0.2) is 0 Å². The number of amides is 1. The Balaban J connectivity index is 1.49. The maximum Gasteiger partial charge on any atom is 0.222 e. The third-order valence-electron chi connectivity index (χ3n) is 6.28. The van der Waals surface area contributed by atoms with E-state index in [0.29, 0.717) is 35.4 Å². The largest absolute Gasteiger partial charge is 0.343 e. The van der Waals surface area contributed by atoms with E-state index in [-0.39, 0.29) is 0 Å². The highest BCUT2D eigenvalue weighted by Gasteiger charge is 2.36. The summed E-state index contributed by atoms with van der Waals surface area (Å²) >= 11 is 0. The van der Waals surface area contributed by atoms with Gasteiger partial charge in [-0.15, -0.1) is 0 Å². The van der Waals surface area contributed by atoms with Gasteiger partial charge in [-0.2, -0.15) is 0 Å². The number of piperidine rings is 1. The molecule has 3 nitrogen and oxygen atoms in total. The first-order valence-electron chi connectivity index (χ1n) is 8.95.